The molecule has 32 heavy (non-hydrogen) atoms. The minimum atomic E-state index is 0.0703. The zero-order valence-corrected chi connectivity index (χ0v) is 18.8. The summed E-state index contributed by atoms with van der Waals surface area (Å²) in [4.78, 5) is 2.53. The first-order chi connectivity index (χ1) is 15.7. The van der Waals surface area contributed by atoms with Gasteiger partial charge in [-0.15, -0.1) is 5.10 Å². The highest BCUT2D eigenvalue weighted by Gasteiger charge is 2.37. The van der Waals surface area contributed by atoms with Gasteiger partial charge in [-0.3, -0.25) is 4.90 Å². The molecule has 5 rings (SSSR count). The van der Waals surface area contributed by atoms with Gasteiger partial charge >= 0.3 is 0 Å². The summed E-state index contributed by atoms with van der Waals surface area (Å²) in [6, 6.07) is 29.9. The van der Waals surface area contributed by atoms with E-state index in [1.54, 1.807) is 0 Å². The van der Waals surface area contributed by atoms with Crippen molar-refractivity contribution in [3.8, 4) is 0 Å². The second-order valence-corrected chi connectivity index (χ2v) is 9.04. The fourth-order valence-corrected chi connectivity index (χ4v) is 5.00. The zero-order valence-electron chi connectivity index (χ0n) is 18.1. The van der Waals surface area contributed by atoms with E-state index in [9.17, 15) is 0 Å². The molecule has 0 bridgehead atoms. The molecule has 1 aliphatic heterocycles. The van der Waals surface area contributed by atoms with Gasteiger partial charge in [-0.2, -0.15) is 0 Å². The van der Waals surface area contributed by atoms with Crippen LogP contribution in [0.2, 0.25) is 5.02 Å². The number of aromatic nitrogens is 3. The molecule has 1 saturated heterocycles. The monoisotopic (exact) mass is 442 g/mol. The predicted octanol–water partition coefficient (Wildman–Crippen LogP) is 5.56. The first kappa shape index (κ1) is 20.9. The Labute approximate surface area is 194 Å². The van der Waals surface area contributed by atoms with Gasteiger partial charge in [0.05, 0.1) is 18.4 Å². The number of hydrogen-bond donors (Lipinski definition) is 0. The number of piperidine rings is 1. The van der Waals surface area contributed by atoms with Crippen molar-refractivity contribution >= 4 is 11.6 Å². The number of likely N-dealkylation sites (tertiary alicyclic amines) is 1. The lowest BCUT2D eigenvalue weighted by molar-refractivity contribution is 0.168. The summed E-state index contributed by atoms with van der Waals surface area (Å²) in [7, 11) is 0. The Morgan fingerprint density at radius 2 is 1.34 bits per heavy atom. The summed E-state index contributed by atoms with van der Waals surface area (Å²) in [5.41, 5.74) is 5.22. The van der Waals surface area contributed by atoms with Crippen LogP contribution in [0.3, 0.4) is 0 Å². The van der Waals surface area contributed by atoms with Gasteiger partial charge < -0.3 is 0 Å². The highest BCUT2D eigenvalue weighted by Crippen LogP contribution is 2.41. The van der Waals surface area contributed by atoms with E-state index in [-0.39, 0.29) is 5.41 Å². The maximum absolute atomic E-state index is 6.02. The summed E-state index contributed by atoms with van der Waals surface area (Å²) in [5, 5.41) is 9.27. The molecule has 4 nitrogen and oxygen atoms in total. The summed E-state index contributed by atoms with van der Waals surface area (Å²) in [6.45, 7) is 3.64. The molecule has 0 radical (unpaired) electrons. The van der Waals surface area contributed by atoms with Crippen LogP contribution in [-0.2, 0) is 18.5 Å². The fraction of sp³-hybridized carbons (Fsp3) is 0.259. The topological polar surface area (TPSA) is 34.0 Å². The second kappa shape index (κ2) is 9.27. The van der Waals surface area contributed by atoms with Crippen molar-refractivity contribution in [2.24, 2.45) is 0 Å². The molecular weight excluding hydrogens is 416 g/mol. The smallest absolute Gasteiger partial charge is 0.0738 e. The molecule has 0 aliphatic carbocycles. The van der Waals surface area contributed by atoms with Crippen molar-refractivity contribution in [3.05, 3.63) is 119 Å². The predicted molar refractivity (Wildman–Crippen MR) is 129 cm³/mol. The molecule has 1 aliphatic rings. The van der Waals surface area contributed by atoms with Crippen molar-refractivity contribution in [3.63, 3.8) is 0 Å². The van der Waals surface area contributed by atoms with Crippen molar-refractivity contribution in [2.75, 3.05) is 13.1 Å². The summed E-state index contributed by atoms with van der Waals surface area (Å²) in [6.07, 6.45) is 4.09. The average molecular weight is 443 g/mol. The number of nitrogens with zero attached hydrogens (tertiary/aromatic N) is 4. The van der Waals surface area contributed by atoms with Gasteiger partial charge in [0.15, 0.2) is 0 Å². The van der Waals surface area contributed by atoms with Crippen LogP contribution in [0.5, 0.6) is 0 Å². The molecule has 0 N–H and O–H groups in total. The van der Waals surface area contributed by atoms with Crippen LogP contribution >= 0.6 is 11.6 Å². The van der Waals surface area contributed by atoms with Gasteiger partial charge in [-0.1, -0.05) is 89.6 Å². The van der Waals surface area contributed by atoms with E-state index in [2.05, 4.69) is 75.9 Å². The van der Waals surface area contributed by atoms with Crippen molar-refractivity contribution in [1.29, 1.82) is 0 Å². The number of halogens is 1. The minimum Gasteiger partial charge on any atom is -0.297 e. The van der Waals surface area contributed by atoms with Crippen LogP contribution in [0.4, 0.5) is 0 Å². The second-order valence-electron chi connectivity index (χ2n) is 8.60. The van der Waals surface area contributed by atoms with E-state index in [1.165, 1.54) is 16.7 Å². The van der Waals surface area contributed by atoms with Crippen LogP contribution < -0.4 is 0 Å². The van der Waals surface area contributed by atoms with Crippen LogP contribution in [-0.4, -0.2) is 33.0 Å². The summed E-state index contributed by atoms with van der Waals surface area (Å²) >= 11 is 6.02. The third-order valence-corrected chi connectivity index (χ3v) is 6.94. The van der Waals surface area contributed by atoms with Crippen LogP contribution in [0.25, 0.3) is 0 Å². The van der Waals surface area contributed by atoms with E-state index in [1.807, 2.05) is 35.1 Å². The molecule has 1 fully saturated rings. The highest BCUT2D eigenvalue weighted by molar-refractivity contribution is 6.30. The molecule has 162 valence electrons. The average Bonchev–Trinajstić information content (AvgIpc) is 3.28. The molecule has 2 heterocycles. The Kier molecular flexibility index (Phi) is 6.06. The lowest BCUT2D eigenvalue weighted by Gasteiger charge is -2.43. The molecule has 4 aromatic rings. The first-order valence-electron chi connectivity index (χ1n) is 11.2. The maximum atomic E-state index is 6.02. The molecule has 0 spiro atoms. The number of hydrogen-bond acceptors (Lipinski definition) is 3. The van der Waals surface area contributed by atoms with E-state index in [0.717, 1.165) is 43.2 Å². The van der Waals surface area contributed by atoms with Gasteiger partial charge in [0.1, 0.15) is 0 Å². The molecule has 1 aromatic heterocycles. The van der Waals surface area contributed by atoms with Gasteiger partial charge in [0, 0.05) is 17.0 Å². The Balaban J connectivity index is 1.31. The van der Waals surface area contributed by atoms with Crippen LogP contribution in [0, 0.1) is 0 Å². The molecule has 0 atom stereocenters. The first-order valence-corrected chi connectivity index (χ1v) is 11.6. The Morgan fingerprint density at radius 3 is 1.94 bits per heavy atom. The molecule has 5 heteroatoms. The maximum Gasteiger partial charge on any atom is 0.0738 e. The lowest BCUT2D eigenvalue weighted by atomic mass is 9.68. The molecule has 0 unspecified atom stereocenters. The quantitative estimate of drug-likeness (QED) is 0.392. The van der Waals surface area contributed by atoms with Gasteiger partial charge in [-0.25, -0.2) is 4.68 Å². The lowest BCUT2D eigenvalue weighted by Crippen LogP contribution is -2.43. The van der Waals surface area contributed by atoms with Crippen molar-refractivity contribution in [1.82, 2.24) is 19.9 Å². The van der Waals surface area contributed by atoms with Gasteiger partial charge in [0.25, 0.3) is 0 Å². The summed E-state index contributed by atoms with van der Waals surface area (Å²) < 4.78 is 2.00. The van der Waals surface area contributed by atoms with Crippen LogP contribution in [0.15, 0.2) is 91.1 Å². The van der Waals surface area contributed by atoms with Crippen molar-refractivity contribution in [2.45, 2.75) is 31.3 Å². The SMILES string of the molecule is Clc1ccc(Cn2nncc2CN2CCC(c3ccccc3)(c3ccccc3)CC2)cc1. The fourth-order valence-electron chi connectivity index (χ4n) is 4.88. The largest absolute Gasteiger partial charge is 0.297 e. The number of rotatable bonds is 6. The molecule has 0 saturated carbocycles. The minimum absolute atomic E-state index is 0.0703. The molecular formula is C27H27ClN4. The van der Waals surface area contributed by atoms with E-state index >= 15 is 0 Å². The third kappa shape index (κ3) is 4.34. The standard InChI is InChI=1S/C27H27ClN4/c28-25-13-11-22(12-14-25)20-32-26(19-29-30-32)21-31-17-15-27(16-18-31,23-7-3-1-4-8-23)24-9-5-2-6-10-24/h1-14,19H,15-18,20-21H2. The zero-order chi connectivity index (χ0) is 21.8. The van der Waals surface area contributed by atoms with Gasteiger partial charge in [0.2, 0.25) is 0 Å². The summed E-state index contributed by atoms with van der Waals surface area (Å²) in [5.74, 6) is 0. The Bertz CT molecular complexity index is 1090. The molecule has 3 aromatic carbocycles. The Hall–Kier alpha value is -2.95. The van der Waals surface area contributed by atoms with E-state index < -0.39 is 0 Å². The number of benzene rings is 3. The molecule has 0 amide bonds. The van der Waals surface area contributed by atoms with E-state index in [0.29, 0.717) is 6.54 Å². The van der Waals surface area contributed by atoms with Crippen molar-refractivity contribution < 1.29 is 0 Å². The Morgan fingerprint density at radius 1 is 0.750 bits per heavy atom. The van der Waals surface area contributed by atoms with Crippen LogP contribution in [0.1, 0.15) is 35.2 Å². The van der Waals surface area contributed by atoms with Gasteiger partial charge in [-0.05, 0) is 54.8 Å². The van der Waals surface area contributed by atoms with E-state index in [4.69, 9.17) is 11.6 Å². The normalized spacial score (nSPS) is 16.2. The third-order valence-electron chi connectivity index (χ3n) is 6.69. The highest BCUT2D eigenvalue weighted by atomic mass is 35.5.